The van der Waals surface area contributed by atoms with Crippen LogP contribution >= 0.6 is 0 Å². The lowest BCUT2D eigenvalue weighted by molar-refractivity contribution is 0.102. The van der Waals surface area contributed by atoms with E-state index in [1.807, 2.05) is 0 Å². The van der Waals surface area contributed by atoms with E-state index in [0.29, 0.717) is 17.6 Å². The third-order valence-electron chi connectivity index (χ3n) is 3.24. The fourth-order valence-electron chi connectivity index (χ4n) is 1.64. The van der Waals surface area contributed by atoms with Gasteiger partial charge in [0.1, 0.15) is 0 Å². The van der Waals surface area contributed by atoms with Gasteiger partial charge in [0.15, 0.2) is 0 Å². The maximum absolute atomic E-state index is 5.58. The molecule has 0 aromatic rings. The van der Waals surface area contributed by atoms with E-state index in [-0.39, 0.29) is 0 Å². The standard InChI is InChI=1S/C12H25NO/c1-10(12(2,3)4)13-8-7-11-6-5-9-14-11/h10-11,13H,5-9H2,1-4H3. The summed E-state index contributed by atoms with van der Waals surface area (Å²) in [6, 6.07) is 0.573. The second kappa shape index (κ2) is 5.13. The third kappa shape index (κ3) is 3.97. The Bertz CT molecular complexity index is 156. The lowest BCUT2D eigenvalue weighted by Gasteiger charge is -2.28. The highest BCUT2D eigenvalue weighted by Crippen LogP contribution is 2.19. The van der Waals surface area contributed by atoms with Gasteiger partial charge in [0.05, 0.1) is 6.10 Å². The van der Waals surface area contributed by atoms with Gasteiger partial charge in [-0.1, -0.05) is 20.8 Å². The topological polar surface area (TPSA) is 21.3 Å². The van der Waals surface area contributed by atoms with Gasteiger partial charge in [-0.3, -0.25) is 0 Å². The second-order valence-electron chi connectivity index (χ2n) is 5.47. The van der Waals surface area contributed by atoms with Crippen molar-refractivity contribution in [2.24, 2.45) is 5.41 Å². The van der Waals surface area contributed by atoms with E-state index in [4.69, 9.17) is 4.74 Å². The number of hydrogen-bond acceptors (Lipinski definition) is 2. The fraction of sp³-hybridized carbons (Fsp3) is 1.00. The molecule has 2 nitrogen and oxygen atoms in total. The van der Waals surface area contributed by atoms with E-state index < -0.39 is 0 Å². The van der Waals surface area contributed by atoms with Gasteiger partial charge in [-0.25, -0.2) is 0 Å². The zero-order valence-corrected chi connectivity index (χ0v) is 10.1. The number of rotatable bonds is 4. The minimum atomic E-state index is 0.358. The van der Waals surface area contributed by atoms with Gasteiger partial charge >= 0.3 is 0 Å². The zero-order valence-electron chi connectivity index (χ0n) is 10.1. The Morgan fingerprint density at radius 1 is 1.43 bits per heavy atom. The molecule has 1 aliphatic heterocycles. The van der Waals surface area contributed by atoms with Crippen molar-refractivity contribution in [2.45, 2.75) is 59.1 Å². The molecule has 0 bridgehead atoms. The van der Waals surface area contributed by atoms with Gasteiger partial charge in [-0.15, -0.1) is 0 Å². The van der Waals surface area contributed by atoms with Gasteiger partial charge in [0.25, 0.3) is 0 Å². The molecule has 1 saturated heterocycles. The SMILES string of the molecule is CC(NCCC1CCCO1)C(C)(C)C. The van der Waals surface area contributed by atoms with Crippen molar-refractivity contribution in [1.82, 2.24) is 5.32 Å². The van der Waals surface area contributed by atoms with Crippen LogP contribution in [-0.4, -0.2) is 25.3 Å². The van der Waals surface area contributed by atoms with Gasteiger partial charge in [0.2, 0.25) is 0 Å². The first-order valence-electron chi connectivity index (χ1n) is 5.85. The Morgan fingerprint density at radius 2 is 2.14 bits per heavy atom. The first-order chi connectivity index (χ1) is 6.50. The van der Waals surface area contributed by atoms with E-state index in [9.17, 15) is 0 Å². The van der Waals surface area contributed by atoms with Crippen LogP contribution in [0.25, 0.3) is 0 Å². The quantitative estimate of drug-likeness (QED) is 0.751. The second-order valence-corrected chi connectivity index (χ2v) is 5.47. The van der Waals surface area contributed by atoms with Gasteiger partial charge < -0.3 is 10.1 Å². The Hall–Kier alpha value is -0.0800. The Labute approximate surface area is 88.4 Å². The van der Waals surface area contributed by atoms with E-state index in [0.717, 1.165) is 13.2 Å². The van der Waals surface area contributed by atoms with Crippen molar-refractivity contribution in [1.29, 1.82) is 0 Å². The summed E-state index contributed by atoms with van der Waals surface area (Å²) in [5, 5.41) is 3.57. The summed E-state index contributed by atoms with van der Waals surface area (Å²) in [6.45, 7) is 11.1. The number of ether oxygens (including phenoxy) is 1. The van der Waals surface area contributed by atoms with Crippen molar-refractivity contribution in [3.05, 3.63) is 0 Å². The molecule has 0 amide bonds. The first kappa shape index (κ1) is 12.0. The van der Waals surface area contributed by atoms with Crippen LogP contribution in [0.5, 0.6) is 0 Å². The summed E-state index contributed by atoms with van der Waals surface area (Å²) in [4.78, 5) is 0. The van der Waals surface area contributed by atoms with E-state index in [1.165, 1.54) is 19.3 Å². The Balaban J connectivity index is 2.08. The Morgan fingerprint density at radius 3 is 2.64 bits per heavy atom. The predicted octanol–water partition coefficient (Wildman–Crippen LogP) is 2.58. The summed E-state index contributed by atoms with van der Waals surface area (Å²) in [5.74, 6) is 0. The summed E-state index contributed by atoms with van der Waals surface area (Å²) in [6.07, 6.45) is 4.19. The van der Waals surface area contributed by atoms with Crippen LogP contribution in [0.4, 0.5) is 0 Å². The molecule has 1 fully saturated rings. The van der Waals surface area contributed by atoms with Crippen molar-refractivity contribution >= 4 is 0 Å². The molecule has 1 rings (SSSR count). The minimum absolute atomic E-state index is 0.358. The number of nitrogens with one attached hydrogen (secondary N) is 1. The van der Waals surface area contributed by atoms with Gasteiger partial charge in [0, 0.05) is 12.6 Å². The molecule has 1 N–H and O–H groups in total. The molecule has 84 valence electrons. The van der Waals surface area contributed by atoms with E-state index >= 15 is 0 Å². The number of hydrogen-bond donors (Lipinski definition) is 1. The molecule has 0 aromatic heterocycles. The summed E-state index contributed by atoms with van der Waals surface area (Å²) in [7, 11) is 0. The zero-order chi connectivity index (χ0) is 10.6. The van der Waals surface area contributed by atoms with E-state index in [2.05, 4.69) is 33.0 Å². The van der Waals surface area contributed by atoms with Crippen LogP contribution in [0, 0.1) is 5.41 Å². The molecule has 0 aromatic carbocycles. The van der Waals surface area contributed by atoms with Crippen LogP contribution < -0.4 is 5.32 Å². The van der Waals surface area contributed by atoms with Crippen LogP contribution in [-0.2, 0) is 4.74 Å². The summed E-state index contributed by atoms with van der Waals surface area (Å²) < 4.78 is 5.58. The minimum Gasteiger partial charge on any atom is -0.378 e. The molecule has 2 atom stereocenters. The highest BCUT2D eigenvalue weighted by molar-refractivity contribution is 4.76. The average Bonchev–Trinajstić information content (AvgIpc) is 2.55. The lowest BCUT2D eigenvalue weighted by atomic mass is 9.88. The fourth-order valence-corrected chi connectivity index (χ4v) is 1.64. The summed E-state index contributed by atoms with van der Waals surface area (Å²) in [5.41, 5.74) is 0.358. The van der Waals surface area contributed by atoms with Crippen LogP contribution in [0.1, 0.15) is 47.0 Å². The molecule has 2 unspecified atom stereocenters. The maximum Gasteiger partial charge on any atom is 0.0588 e. The lowest BCUT2D eigenvalue weighted by Crippen LogP contribution is -2.38. The van der Waals surface area contributed by atoms with Gasteiger partial charge in [-0.2, -0.15) is 0 Å². The Kier molecular flexibility index (Phi) is 4.39. The molecule has 14 heavy (non-hydrogen) atoms. The molecular formula is C12H25NO. The van der Waals surface area contributed by atoms with Crippen LogP contribution in [0.15, 0.2) is 0 Å². The van der Waals surface area contributed by atoms with Crippen molar-refractivity contribution < 1.29 is 4.74 Å². The molecule has 2 heteroatoms. The predicted molar refractivity (Wildman–Crippen MR) is 60.5 cm³/mol. The smallest absolute Gasteiger partial charge is 0.0588 e. The highest BCUT2D eigenvalue weighted by Gasteiger charge is 2.20. The highest BCUT2D eigenvalue weighted by atomic mass is 16.5. The normalized spacial score (nSPS) is 25.3. The molecular weight excluding hydrogens is 174 g/mol. The van der Waals surface area contributed by atoms with E-state index in [1.54, 1.807) is 0 Å². The van der Waals surface area contributed by atoms with Crippen LogP contribution in [0.2, 0.25) is 0 Å². The van der Waals surface area contributed by atoms with Crippen molar-refractivity contribution in [3.8, 4) is 0 Å². The molecule has 0 radical (unpaired) electrons. The van der Waals surface area contributed by atoms with Crippen molar-refractivity contribution in [2.75, 3.05) is 13.2 Å². The maximum atomic E-state index is 5.58. The van der Waals surface area contributed by atoms with Gasteiger partial charge in [-0.05, 0) is 38.1 Å². The average molecular weight is 199 g/mol. The van der Waals surface area contributed by atoms with Crippen molar-refractivity contribution in [3.63, 3.8) is 0 Å². The molecule has 0 spiro atoms. The third-order valence-corrected chi connectivity index (χ3v) is 3.24. The molecule has 1 heterocycles. The largest absolute Gasteiger partial charge is 0.378 e. The molecule has 0 saturated carbocycles. The van der Waals surface area contributed by atoms with Crippen LogP contribution in [0.3, 0.4) is 0 Å². The molecule has 0 aliphatic carbocycles. The first-order valence-corrected chi connectivity index (χ1v) is 5.85. The monoisotopic (exact) mass is 199 g/mol. The summed E-state index contributed by atoms with van der Waals surface area (Å²) >= 11 is 0. The molecule has 1 aliphatic rings.